The van der Waals surface area contributed by atoms with E-state index < -0.39 is 53.4 Å². The van der Waals surface area contributed by atoms with E-state index in [0.29, 0.717) is 22.6 Å². The van der Waals surface area contributed by atoms with Gasteiger partial charge in [0.25, 0.3) is 0 Å². The lowest BCUT2D eigenvalue weighted by Crippen LogP contribution is -2.41. The number of nitrogens with one attached hydrogen (secondary N) is 2. The number of hydrogen-bond acceptors (Lipinski definition) is 12. The monoisotopic (exact) mass is 974 g/mol. The van der Waals surface area contributed by atoms with Gasteiger partial charge in [-0.25, -0.2) is 24.0 Å². The van der Waals surface area contributed by atoms with Gasteiger partial charge in [0.2, 0.25) is 11.9 Å². The van der Waals surface area contributed by atoms with Crippen molar-refractivity contribution in [1.29, 1.82) is 0 Å². The number of aryl methyl sites for hydroxylation is 1. The molecule has 70 heavy (non-hydrogen) atoms. The summed E-state index contributed by atoms with van der Waals surface area (Å²) < 4.78 is 33.5. The summed E-state index contributed by atoms with van der Waals surface area (Å²) in [6.45, 7) is 10.3. The van der Waals surface area contributed by atoms with Crippen molar-refractivity contribution < 1.29 is 57.2 Å². The number of esters is 3. The summed E-state index contributed by atoms with van der Waals surface area (Å²) in [6.07, 6.45) is -2.01. The summed E-state index contributed by atoms with van der Waals surface area (Å²) in [4.78, 5) is 83.5. The number of ether oxygens (including phenoxy) is 6. The third-order valence-electron chi connectivity index (χ3n) is 10.1. The van der Waals surface area contributed by atoms with Crippen molar-refractivity contribution >= 4 is 59.2 Å². The highest BCUT2D eigenvalue weighted by Crippen LogP contribution is 2.29. The first-order valence-electron chi connectivity index (χ1n) is 22.4. The quantitative estimate of drug-likeness (QED) is 0.0351. The van der Waals surface area contributed by atoms with Gasteiger partial charge in [-0.05, 0) is 125 Å². The second-order valence-electron chi connectivity index (χ2n) is 18.1. The van der Waals surface area contributed by atoms with E-state index in [1.807, 2.05) is 60.7 Å². The summed E-state index contributed by atoms with van der Waals surface area (Å²) in [7, 11) is 0. The van der Waals surface area contributed by atoms with Crippen LogP contribution in [0.1, 0.15) is 91.8 Å². The van der Waals surface area contributed by atoms with Gasteiger partial charge in [0, 0.05) is 23.6 Å². The number of carbonyl (C=O) groups is 6. The Bertz CT molecular complexity index is 2670. The molecule has 0 saturated carbocycles. The molecule has 1 saturated heterocycles. The molecule has 2 atom stereocenters. The van der Waals surface area contributed by atoms with Gasteiger partial charge in [-0.15, -0.1) is 4.99 Å². The van der Waals surface area contributed by atoms with Gasteiger partial charge >= 0.3 is 30.1 Å². The standard InChI is InChI=1S/C53H55ClN4O12/c1-52(2,3)69-50(63)56-49(57-51(64)70-53(4,5)6)55-39-23-17-38(18-24-39)47(61)68-41-27-19-36(43(54)29-41)22-28-45(59)58-31-42(30-44(58)48(62)66-33-35-15-11-8-12-16-35)67-40-25-20-37(21-26-40)46(60)65-32-34-13-9-7-10-14-34/h7-21,23-27,29,42,44H,22,28,30-33H2,1-6H3,(H2,55,56,57,63,64)/t42-,44-/m0/s1. The number of benzene rings is 5. The minimum absolute atomic E-state index is 0.00823. The number of anilines is 1. The number of aliphatic imine (C=N–C) groups is 1. The Morgan fingerprint density at radius 2 is 1.26 bits per heavy atom. The molecule has 6 rings (SSSR count). The Labute approximate surface area is 411 Å². The van der Waals surface area contributed by atoms with E-state index in [1.54, 1.807) is 77.9 Å². The van der Waals surface area contributed by atoms with E-state index in [9.17, 15) is 28.8 Å². The fraction of sp³-hybridized carbons (Fsp3) is 0.302. The number of nitrogens with zero attached hydrogens (tertiary/aromatic N) is 2. The van der Waals surface area contributed by atoms with Crippen molar-refractivity contribution in [1.82, 2.24) is 10.2 Å². The molecular formula is C53H55ClN4O12. The Kier molecular flexibility index (Phi) is 17.4. The summed E-state index contributed by atoms with van der Waals surface area (Å²) in [5.41, 5.74) is 1.47. The first-order valence-corrected chi connectivity index (χ1v) is 22.8. The molecule has 0 aromatic heterocycles. The maximum absolute atomic E-state index is 13.9. The number of hydrogen-bond donors (Lipinski definition) is 2. The van der Waals surface area contributed by atoms with Gasteiger partial charge in [-0.3, -0.25) is 10.1 Å². The van der Waals surface area contributed by atoms with Crippen LogP contribution in [0.25, 0.3) is 0 Å². The minimum atomic E-state index is -0.958. The number of halogens is 1. The highest BCUT2D eigenvalue weighted by atomic mass is 35.5. The van der Waals surface area contributed by atoms with Crippen molar-refractivity contribution in [2.75, 3.05) is 11.9 Å². The lowest BCUT2D eigenvalue weighted by Gasteiger charge is -2.23. The zero-order chi connectivity index (χ0) is 50.4. The van der Waals surface area contributed by atoms with Crippen LogP contribution in [0, 0.1) is 0 Å². The highest BCUT2D eigenvalue weighted by molar-refractivity contribution is 6.31. The molecular weight excluding hydrogens is 920 g/mol. The molecule has 5 aromatic carbocycles. The maximum atomic E-state index is 13.9. The molecule has 0 spiro atoms. The zero-order valence-electron chi connectivity index (χ0n) is 39.7. The Morgan fingerprint density at radius 1 is 0.686 bits per heavy atom. The molecule has 0 bridgehead atoms. The SMILES string of the molecule is CC(C)(C)OC(=O)/N=C(\NC(=O)OC(C)(C)C)Nc1ccc(C(=O)Oc2ccc(CCC(=O)N3C[C@@H](Oc4ccc(C(=O)OCc5ccccc5)cc4)C[C@H]3C(=O)OCc3ccccc3)c(Cl)c2)cc1. The van der Waals surface area contributed by atoms with Crippen LogP contribution in [-0.2, 0) is 48.2 Å². The molecule has 1 heterocycles. The number of amides is 3. The smallest absolute Gasteiger partial charge is 0.437 e. The average Bonchev–Trinajstić information content (AvgIpc) is 3.73. The van der Waals surface area contributed by atoms with Crippen LogP contribution in [0.2, 0.25) is 5.02 Å². The molecule has 1 aliphatic heterocycles. The van der Waals surface area contributed by atoms with Crippen molar-refractivity contribution in [3.63, 3.8) is 0 Å². The van der Waals surface area contributed by atoms with E-state index in [-0.39, 0.29) is 67.2 Å². The summed E-state index contributed by atoms with van der Waals surface area (Å²) in [5.74, 6) is -1.75. The first kappa shape index (κ1) is 51.7. The van der Waals surface area contributed by atoms with E-state index in [1.165, 1.54) is 35.2 Å². The average molecular weight is 975 g/mol. The second kappa shape index (κ2) is 23.5. The van der Waals surface area contributed by atoms with Crippen LogP contribution in [-0.4, -0.2) is 76.8 Å². The van der Waals surface area contributed by atoms with Gasteiger partial charge in [0.1, 0.15) is 48.1 Å². The predicted molar refractivity (Wildman–Crippen MR) is 261 cm³/mol. The van der Waals surface area contributed by atoms with Crippen LogP contribution >= 0.6 is 11.6 Å². The van der Waals surface area contributed by atoms with Crippen LogP contribution < -0.4 is 20.1 Å². The van der Waals surface area contributed by atoms with Crippen LogP contribution in [0.5, 0.6) is 11.5 Å². The minimum Gasteiger partial charge on any atom is -0.488 e. The van der Waals surface area contributed by atoms with Gasteiger partial charge < -0.3 is 38.6 Å². The molecule has 17 heteroatoms. The second-order valence-corrected chi connectivity index (χ2v) is 18.5. The molecule has 16 nitrogen and oxygen atoms in total. The fourth-order valence-corrected chi connectivity index (χ4v) is 7.18. The fourth-order valence-electron chi connectivity index (χ4n) is 6.91. The number of alkyl carbamates (subject to hydrolysis) is 1. The molecule has 2 N–H and O–H groups in total. The largest absolute Gasteiger partial charge is 0.488 e. The third-order valence-corrected chi connectivity index (χ3v) is 10.5. The van der Waals surface area contributed by atoms with Gasteiger partial charge in [0.15, 0.2) is 0 Å². The Hall–Kier alpha value is -7.72. The van der Waals surface area contributed by atoms with Crippen LogP contribution in [0.3, 0.4) is 0 Å². The van der Waals surface area contributed by atoms with Crippen molar-refractivity contribution in [3.8, 4) is 11.5 Å². The molecule has 1 aliphatic rings. The number of guanidine groups is 1. The number of rotatable bonds is 14. The zero-order valence-corrected chi connectivity index (χ0v) is 40.4. The first-order chi connectivity index (χ1) is 33.3. The summed E-state index contributed by atoms with van der Waals surface area (Å²) in [5, 5.41) is 5.47. The van der Waals surface area contributed by atoms with E-state index in [4.69, 9.17) is 40.0 Å². The van der Waals surface area contributed by atoms with Crippen molar-refractivity contribution in [3.05, 3.63) is 160 Å². The van der Waals surface area contributed by atoms with Gasteiger partial charge in [0.05, 0.1) is 17.7 Å². The lowest BCUT2D eigenvalue weighted by molar-refractivity contribution is -0.154. The summed E-state index contributed by atoms with van der Waals surface area (Å²) >= 11 is 6.65. The summed E-state index contributed by atoms with van der Waals surface area (Å²) in [6, 6.07) is 34.7. The topological polar surface area (TPSA) is 197 Å². The van der Waals surface area contributed by atoms with Gasteiger partial charge in [-0.1, -0.05) is 78.3 Å². The molecule has 0 radical (unpaired) electrons. The predicted octanol–water partition coefficient (Wildman–Crippen LogP) is 9.87. The lowest BCUT2D eigenvalue weighted by atomic mass is 10.1. The maximum Gasteiger partial charge on any atom is 0.437 e. The molecule has 1 fully saturated rings. The van der Waals surface area contributed by atoms with Crippen LogP contribution in [0.4, 0.5) is 15.3 Å². The molecule has 5 aromatic rings. The number of carbonyl (C=O) groups excluding carboxylic acids is 6. The molecule has 0 unspecified atom stereocenters. The van der Waals surface area contributed by atoms with Crippen molar-refractivity contribution in [2.45, 2.75) is 97.4 Å². The Balaban J connectivity index is 1.05. The molecule has 366 valence electrons. The highest BCUT2D eigenvalue weighted by Gasteiger charge is 2.41. The van der Waals surface area contributed by atoms with E-state index >= 15 is 0 Å². The van der Waals surface area contributed by atoms with Crippen LogP contribution in [0.15, 0.2) is 132 Å². The van der Waals surface area contributed by atoms with E-state index in [0.717, 1.165) is 11.1 Å². The third kappa shape index (κ3) is 16.2. The van der Waals surface area contributed by atoms with E-state index in [2.05, 4.69) is 15.6 Å². The Morgan fingerprint density at radius 3 is 1.86 bits per heavy atom. The normalized spacial score (nSPS) is 14.7. The molecule has 3 amide bonds. The van der Waals surface area contributed by atoms with Gasteiger partial charge in [-0.2, -0.15) is 0 Å². The number of likely N-dealkylation sites (tertiary alicyclic amines) is 1. The van der Waals surface area contributed by atoms with Crippen molar-refractivity contribution in [2.24, 2.45) is 4.99 Å². The molecule has 0 aliphatic carbocycles.